The number of aromatic amines is 1. The molecule has 8 heteroatoms. The summed E-state index contributed by atoms with van der Waals surface area (Å²) in [6, 6.07) is 1.54. The first-order valence-corrected chi connectivity index (χ1v) is 7.20. The lowest BCUT2D eigenvalue weighted by Crippen LogP contribution is -2.10. The molecule has 2 heterocycles. The van der Waals surface area contributed by atoms with Crippen molar-refractivity contribution in [2.24, 2.45) is 5.84 Å². The average molecular weight is 292 g/mol. The molecule has 2 aromatic heterocycles. The number of nitrogens with two attached hydrogens (primary N) is 1. The number of H-pyrrole nitrogens is 1. The first kappa shape index (κ1) is 14.5. The van der Waals surface area contributed by atoms with Gasteiger partial charge in [-0.3, -0.25) is 9.78 Å². The van der Waals surface area contributed by atoms with Gasteiger partial charge in [-0.1, -0.05) is 25.1 Å². The van der Waals surface area contributed by atoms with Gasteiger partial charge in [-0.2, -0.15) is 0 Å². The van der Waals surface area contributed by atoms with E-state index in [1.807, 2.05) is 0 Å². The number of nitrogens with one attached hydrogen (secondary N) is 2. The molecule has 0 saturated carbocycles. The van der Waals surface area contributed by atoms with Crippen molar-refractivity contribution in [2.75, 3.05) is 5.43 Å². The Kier molecular flexibility index (Phi) is 5.08. The number of hydrazine groups is 1. The van der Waals surface area contributed by atoms with E-state index in [2.05, 4.69) is 32.3 Å². The number of aryl methyl sites for hydroxylation is 1. The summed E-state index contributed by atoms with van der Waals surface area (Å²) in [6.45, 7) is 2.05. The lowest BCUT2D eigenvalue weighted by molar-refractivity contribution is 0.815. The largest absolute Gasteiger partial charge is 0.307 e. The zero-order valence-corrected chi connectivity index (χ0v) is 11.9. The number of aromatic nitrogens is 4. The predicted octanol–water partition coefficient (Wildman–Crippen LogP) is 1.09. The summed E-state index contributed by atoms with van der Waals surface area (Å²) in [7, 11) is 0. The Hall–Kier alpha value is -1.93. The summed E-state index contributed by atoms with van der Waals surface area (Å²) in [6.07, 6.45) is 4.95. The van der Waals surface area contributed by atoms with Crippen LogP contribution in [0.3, 0.4) is 0 Å². The van der Waals surface area contributed by atoms with Gasteiger partial charge in [-0.25, -0.2) is 15.8 Å². The minimum atomic E-state index is -0.125. The fourth-order valence-electron chi connectivity index (χ4n) is 1.58. The third-order valence-corrected chi connectivity index (χ3v) is 3.40. The van der Waals surface area contributed by atoms with Gasteiger partial charge in [-0.05, 0) is 6.42 Å². The van der Waals surface area contributed by atoms with Crippen LogP contribution in [0.1, 0.15) is 24.7 Å². The monoisotopic (exact) mass is 292 g/mol. The van der Waals surface area contributed by atoms with Gasteiger partial charge in [0, 0.05) is 17.5 Å². The third kappa shape index (κ3) is 4.04. The predicted molar refractivity (Wildman–Crippen MR) is 78.3 cm³/mol. The summed E-state index contributed by atoms with van der Waals surface area (Å²) < 4.78 is 0. The van der Waals surface area contributed by atoms with Gasteiger partial charge in [0.15, 0.2) is 11.0 Å². The molecular weight excluding hydrogens is 276 g/mol. The van der Waals surface area contributed by atoms with Crippen LogP contribution in [0.4, 0.5) is 5.82 Å². The number of hydrogen-bond donors (Lipinski definition) is 3. The first-order valence-electron chi connectivity index (χ1n) is 6.22. The van der Waals surface area contributed by atoms with Gasteiger partial charge in [-0.15, -0.1) is 0 Å². The van der Waals surface area contributed by atoms with Crippen LogP contribution in [0.2, 0.25) is 0 Å². The SMILES string of the molecule is CCCc1cc(=O)[nH]c(SCc2cnc(NN)cn2)n1. The first-order chi connectivity index (χ1) is 9.71. The van der Waals surface area contributed by atoms with Gasteiger partial charge in [0.25, 0.3) is 5.56 Å². The summed E-state index contributed by atoms with van der Waals surface area (Å²) in [4.78, 5) is 26.9. The summed E-state index contributed by atoms with van der Waals surface area (Å²) in [5, 5.41) is 0.601. The maximum atomic E-state index is 11.5. The fraction of sp³-hybridized carbons (Fsp3) is 0.333. The average Bonchev–Trinajstić information content (AvgIpc) is 2.45. The van der Waals surface area contributed by atoms with E-state index in [1.54, 1.807) is 12.4 Å². The second kappa shape index (κ2) is 7.01. The molecule has 2 rings (SSSR count). The van der Waals surface area contributed by atoms with Gasteiger partial charge in [0.1, 0.15) is 0 Å². The Bertz CT molecular complexity index is 612. The van der Waals surface area contributed by atoms with Crippen molar-refractivity contribution < 1.29 is 0 Å². The molecule has 0 bridgehead atoms. The van der Waals surface area contributed by atoms with Crippen LogP contribution < -0.4 is 16.8 Å². The number of nitrogens with zero attached hydrogens (tertiary/aromatic N) is 3. The molecule has 4 N–H and O–H groups in total. The molecule has 0 spiro atoms. The van der Waals surface area contributed by atoms with Crippen LogP contribution in [0.15, 0.2) is 28.4 Å². The van der Waals surface area contributed by atoms with E-state index in [-0.39, 0.29) is 5.56 Å². The van der Waals surface area contributed by atoms with E-state index in [9.17, 15) is 4.79 Å². The lowest BCUT2D eigenvalue weighted by atomic mass is 10.2. The zero-order chi connectivity index (χ0) is 14.4. The quantitative estimate of drug-likeness (QED) is 0.316. The van der Waals surface area contributed by atoms with E-state index in [4.69, 9.17) is 5.84 Å². The van der Waals surface area contributed by atoms with Crippen molar-refractivity contribution in [1.82, 2.24) is 19.9 Å². The summed E-state index contributed by atoms with van der Waals surface area (Å²) >= 11 is 1.42. The molecule has 0 aliphatic heterocycles. The minimum absolute atomic E-state index is 0.125. The summed E-state index contributed by atoms with van der Waals surface area (Å²) in [5.74, 6) is 6.31. The van der Waals surface area contributed by atoms with Gasteiger partial charge < -0.3 is 10.4 Å². The van der Waals surface area contributed by atoms with E-state index in [0.29, 0.717) is 16.7 Å². The Morgan fingerprint density at radius 2 is 2.20 bits per heavy atom. The number of anilines is 1. The Labute approximate surface area is 120 Å². The fourth-order valence-corrected chi connectivity index (χ4v) is 2.37. The highest BCUT2D eigenvalue weighted by molar-refractivity contribution is 7.98. The number of rotatable bonds is 6. The molecule has 106 valence electrons. The van der Waals surface area contributed by atoms with E-state index >= 15 is 0 Å². The number of thioether (sulfide) groups is 1. The molecule has 0 unspecified atom stereocenters. The topological polar surface area (TPSA) is 110 Å². The zero-order valence-electron chi connectivity index (χ0n) is 11.1. The van der Waals surface area contributed by atoms with Crippen molar-refractivity contribution in [3.8, 4) is 0 Å². The molecule has 2 aromatic rings. The molecule has 0 atom stereocenters. The molecule has 0 aliphatic rings. The highest BCUT2D eigenvalue weighted by Crippen LogP contribution is 2.17. The molecule has 0 aromatic carbocycles. The van der Waals surface area contributed by atoms with Crippen molar-refractivity contribution in [1.29, 1.82) is 0 Å². The second-order valence-electron chi connectivity index (χ2n) is 4.12. The molecule has 20 heavy (non-hydrogen) atoms. The second-order valence-corrected chi connectivity index (χ2v) is 5.08. The Morgan fingerprint density at radius 1 is 1.35 bits per heavy atom. The van der Waals surface area contributed by atoms with Crippen LogP contribution in [0.5, 0.6) is 0 Å². The van der Waals surface area contributed by atoms with Crippen LogP contribution in [0, 0.1) is 0 Å². The molecule has 0 amide bonds. The number of hydrogen-bond acceptors (Lipinski definition) is 7. The smallest absolute Gasteiger partial charge is 0.251 e. The highest BCUT2D eigenvalue weighted by atomic mass is 32.2. The highest BCUT2D eigenvalue weighted by Gasteiger charge is 2.04. The van der Waals surface area contributed by atoms with Crippen molar-refractivity contribution in [2.45, 2.75) is 30.7 Å². The minimum Gasteiger partial charge on any atom is -0.307 e. The van der Waals surface area contributed by atoms with Crippen LogP contribution in [-0.4, -0.2) is 19.9 Å². The normalized spacial score (nSPS) is 10.5. The van der Waals surface area contributed by atoms with E-state index in [1.165, 1.54) is 17.8 Å². The van der Waals surface area contributed by atoms with E-state index < -0.39 is 0 Å². The van der Waals surface area contributed by atoms with Crippen LogP contribution >= 0.6 is 11.8 Å². The molecule has 0 aliphatic carbocycles. The molecule has 0 radical (unpaired) electrons. The standard InChI is InChI=1S/C12H16N6OS/c1-2-3-8-4-11(19)17-12(16-8)20-7-9-5-15-10(18-13)6-14-9/h4-6H,2-3,7,13H2,1H3,(H,15,18)(H,16,17,19). The van der Waals surface area contributed by atoms with E-state index in [0.717, 1.165) is 24.2 Å². The maximum Gasteiger partial charge on any atom is 0.251 e. The van der Waals surface area contributed by atoms with Crippen molar-refractivity contribution in [3.63, 3.8) is 0 Å². The van der Waals surface area contributed by atoms with Crippen LogP contribution in [0.25, 0.3) is 0 Å². The Morgan fingerprint density at radius 3 is 2.85 bits per heavy atom. The molecule has 0 saturated heterocycles. The molecular formula is C12H16N6OS. The van der Waals surface area contributed by atoms with Crippen molar-refractivity contribution in [3.05, 3.63) is 40.2 Å². The maximum absolute atomic E-state index is 11.5. The molecule has 7 nitrogen and oxygen atoms in total. The van der Waals surface area contributed by atoms with Gasteiger partial charge >= 0.3 is 0 Å². The van der Waals surface area contributed by atoms with Crippen LogP contribution in [-0.2, 0) is 12.2 Å². The lowest BCUT2D eigenvalue weighted by Gasteiger charge is -2.03. The Balaban J connectivity index is 2.04. The number of nitrogen functional groups attached to an aromatic ring is 1. The van der Waals surface area contributed by atoms with Crippen molar-refractivity contribution >= 4 is 17.6 Å². The van der Waals surface area contributed by atoms with Gasteiger partial charge in [0.2, 0.25) is 0 Å². The van der Waals surface area contributed by atoms with Gasteiger partial charge in [0.05, 0.1) is 18.1 Å². The summed E-state index contributed by atoms with van der Waals surface area (Å²) in [5.41, 5.74) is 3.89. The third-order valence-electron chi connectivity index (χ3n) is 2.49. The molecule has 0 fully saturated rings.